The molecule has 0 spiro atoms. The summed E-state index contributed by atoms with van der Waals surface area (Å²) in [6, 6.07) is 19.2. The number of halogens is 1. The van der Waals surface area contributed by atoms with Gasteiger partial charge in [-0.25, -0.2) is 9.78 Å². The molecular weight excluding hydrogens is 388 g/mol. The van der Waals surface area contributed by atoms with Crippen LogP contribution in [0.25, 0.3) is 16.9 Å². The molecule has 0 saturated heterocycles. The van der Waals surface area contributed by atoms with Gasteiger partial charge in [0.25, 0.3) is 0 Å². The lowest BCUT2D eigenvalue weighted by Crippen LogP contribution is -1.96. The summed E-state index contributed by atoms with van der Waals surface area (Å²) < 4.78 is 7.40. The zero-order valence-electron chi connectivity index (χ0n) is 12.3. The van der Waals surface area contributed by atoms with E-state index in [0.29, 0.717) is 4.67 Å². The van der Waals surface area contributed by atoms with Crippen molar-refractivity contribution in [3.63, 3.8) is 0 Å². The Labute approximate surface area is 150 Å². The predicted octanol–water partition coefficient (Wildman–Crippen LogP) is 4.87. The average molecular weight is 399 g/mol. The maximum absolute atomic E-state index is 11.6. The minimum atomic E-state index is -0.387. The molecule has 0 saturated carbocycles. The van der Waals surface area contributed by atoms with Gasteiger partial charge in [-0.2, -0.15) is 0 Å². The van der Waals surface area contributed by atoms with Crippen LogP contribution in [-0.4, -0.2) is 9.38 Å². The second-order valence-electron chi connectivity index (χ2n) is 5.08. The summed E-state index contributed by atoms with van der Waals surface area (Å²) in [7, 11) is 0. The molecule has 0 fully saturated rings. The van der Waals surface area contributed by atoms with E-state index in [1.807, 2.05) is 59.1 Å². The molecule has 1 aromatic carbocycles. The van der Waals surface area contributed by atoms with Crippen LogP contribution in [0.15, 0.2) is 90.7 Å². The van der Waals surface area contributed by atoms with Crippen LogP contribution >= 0.6 is 27.7 Å². The number of aromatic nitrogens is 2. The molecular formula is C18H11BrN2O2S. The van der Waals surface area contributed by atoms with Crippen molar-refractivity contribution in [1.29, 1.82) is 0 Å². The highest BCUT2D eigenvalue weighted by molar-refractivity contribution is 9.10. The number of pyridine rings is 1. The Kier molecular flexibility index (Phi) is 4.00. The van der Waals surface area contributed by atoms with E-state index in [4.69, 9.17) is 9.40 Å². The molecule has 0 N–H and O–H groups in total. The van der Waals surface area contributed by atoms with Crippen molar-refractivity contribution in [2.45, 2.75) is 9.92 Å². The SMILES string of the molecule is O=c1cc(Sc2c(-c3ccccc3)nc3ccccn23)cc(Br)o1. The van der Waals surface area contributed by atoms with Gasteiger partial charge in [-0.15, -0.1) is 0 Å². The van der Waals surface area contributed by atoms with Crippen molar-refractivity contribution < 1.29 is 4.42 Å². The van der Waals surface area contributed by atoms with Crippen LogP contribution < -0.4 is 5.63 Å². The first-order valence-electron chi connectivity index (χ1n) is 7.22. The van der Waals surface area contributed by atoms with Gasteiger partial charge < -0.3 is 4.42 Å². The number of nitrogens with zero attached hydrogens (tertiary/aromatic N) is 2. The van der Waals surface area contributed by atoms with Gasteiger partial charge in [-0.3, -0.25) is 4.40 Å². The van der Waals surface area contributed by atoms with Crippen LogP contribution in [0, 0.1) is 0 Å². The van der Waals surface area contributed by atoms with E-state index >= 15 is 0 Å². The van der Waals surface area contributed by atoms with Gasteiger partial charge in [-0.1, -0.05) is 48.2 Å². The molecule has 0 unspecified atom stereocenters. The molecule has 0 bridgehead atoms. The fourth-order valence-electron chi connectivity index (χ4n) is 2.45. The lowest BCUT2D eigenvalue weighted by Gasteiger charge is -2.05. The molecule has 4 nitrogen and oxygen atoms in total. The van der Waals surface area contributed by atoms with Crippen LogP contribution in [0.5, 0.6) is 0 Å². The van der Waals surface area contributed by atoms with Gasteiger partial charge in [-0.05, 0) is 28.1 Å². The van der Waals surface area contributed by atoms with Crippen LogP contribution in [0.1, 0.15) is 0 Å². The van der Waals surface area contributed by atoms with Crippen molar-refractivity contribution in [3.05, 3.63) is 82.0 Å². The molecule has 0 aliphatic heterocycles. The van der Waals surface area contributed by atoms with Crippen molar-refractivity contribution >= 4 is 33.3 Å². The van der Waals surface area contributed by atoms with Crippen LogP contribution in [-0.2, 0) is 0 Å². The quantitative estimate of drug-likeness (QED) is 0.493. The number of benzene rings is 1. The molecule has 6 heteroatoms. The van der Waals surface area contributed by atoms with E-state index in [9.17, 15) is 4.79 Å². The van der Waals surface area contributed by atoms with Gasteiger partial charge in [0.2, 0.25) is 0 Å². The zero-order valence-corrected chi connectivity index (χ0v) is 14.8. The molecule has 3 heterocycles. The third kappa shape index (κ3) is 2.90. The topological polar surface area (TPSA) is 47.5 Å². The molecule has 4 aromatic rings. The second kappa shape index (κ2) is 6.30. The monoisotopic (exact) mass is 398 g/mol. The first kappa shape index (κ1) is 15.2. The van der Waals surface area contributed by atoms with E-state index in [0.717, 1.165) is 26.8 Å². The van der Waals surface area contributed by atoms with Gasteiger partial charge in [0.1, 0.15) is 16.4 Å². The summed E-state index contributed by atoms with van der Waals surface area (Å²) in [5.41, 5.74) is 2.39. The lowest BCUT2D eigenvalue weighted by molar-refractivity contribution is 0.481. The number of hydrogen-bond acceptors (Lipinski definition) is 4. The summed E-state index contributed by atoms with van der Waals surface area (Å²) >= 11 is 4.71. The first-order valence-corrected chi connectivity index (χ1v) is 8.83. The van der Waals surface area contributed by atoms with Crippen molar-refractivity contribution in [2.24, 2.45) is 0 Å². The van der Waals surface area contributed by atoms with Crippen molar-refractivity contribution in [2.75, 3.05) is 0 Å². The Morgan fingerprint density at radius 1 is 1.04 bits per heavy atom. The number of hydrogen-bond donors (Lipinski definition) is 0. The minimum Gasteiger partial charge on any atom is -0.416 e. The maximum atomic E-state index is 11.6. The van der Waals surface area contributed by atoms with Crippen LogP contribution in [0.3, 0.4) is 0 Å². The first-order chi connectivity index (χ1) is 11.7. The molecule has 3 aromatic heterocycles. The average Bonchev–Trinajstić information content (AvgIpc) is 2.94. The highest BCUT2D eigenvalue weighted by Crippen LogP contribution is 2.36. The third-order valence-corrected chi connectivity index (χ3v) is 4.91. The molecule has 0 aliphatic carbocycles. The Morgan fingerprint density at radius 2 is 1.83 bits per heavy atom. The van der Waals surface area contributed by atoms with Crippen LogP contribution in [0.2, 0.25) is 0 Å². The van der Waals surface area contributed by atoms with Gasteiger partial charge in [0.15, 0.2) is 4.67 Å². The minimum absolute atomic E-state index is 0.387. The largest absolute Gasteiger partial charge is 0.416 e. The summed E-state index contributed by atoms with van der Waals surface area (Å²) in [6.45, 7) is 0. The molecule has 24 heavy (non-hydrogen) atoms. The Balaban J connectivity index is 1.91. The zero-order chi connectivity index (χ0) is 16.5. The Hall–Kier alpha value is -2.31. The van der Waals surface area contributed by atoms with E-state index in [-0.39, 0.29) is 5.63 Å². The molecule has 118 valence electrons. The summed E-state index contributed by atoms with van der Waals surface area (Å²) in [6.07, 6.45) is 1.97. The Bertz CT molecular complexity index is 1070. The number of imidazole rings is 1. The number of fused-ring (bicyclic) bond motifs is 1. The second-order valence-corrected chi connectivity index (χ2v) is 6.92. The molecule has 0 amide bonds. The van der Waals surface area contributed by atoms with Crippen molar-refractivity contribution in [3.8, 4) is 11.3 Å². The van der Waals surface area contributed by atoms with E-state index in [1.165, 1.54) is 17.8 Å². The van der Waals surface area contributed by atoms with Crippen LogP contribution in [0.4, 0.5) is 0 Å². The smallest absolute Gasteiger partial charge is 0.337 e. The Morgan fingerprint density at radius 3 is 2.62 bits per heavy atom. The molecule has 4 rings (SSSR count). The molecule has 0 radical (unpaired) electrons. The van der Waals surface area contributed by atoms with Gasteiger partial charge in [0, 0.05) is 28.8 Å². The molecule has 0 aliphatic rings. The summed E-state index contributed by atoms with van der Waals surface area (Å²) in [5, 5.41) is 0.953. The standard InChI is InChI=1S/C18H11BrN2O2S/c19-14-10-13(11-16(22)23-14)24-18-17(12-6-2-1-3-7-12)20-15-8-4-5-9-21(15)18/h1-11H. The van der Waals surface area contributed by atoms with E-state index < -0.39 is 0 Å². The maximum Gasteiger partial charge on any atom is 0.337 e. The normalized spacial score (nSPS) is 11.0. The highest BCUT2D eigenvalue weighted by atomic mass is 79.9. The van der Waals surface area contributed by atoms with E-state index in [1.54, 1.807) is 6.07 Å². The van der Waals surface area contributed by atoms with Gasteiger partial charge in [0.05, 0.1) is 0 Å². The predicted molar refractivity (Wildman–Crippen MR) is 97.4 cm³/mol. The highest BCUT2D eigenvalue weighted by Gasteiger charge is 2.15. The summed E-state index contributed by atoms with van der Waals surface area (Å²) in [5.74, 6) is 0. The lowest BCUT2D eigenvalue weighted by atomic mass is 10.2. The van der Waals surface area contributed by atoms with Gasteiger partial charge >= 0.3 is 5.63 Å². The molecule has 0 atom stereocenters. The fraction of sp³-hybridized carbons (Fsp3) is 0. The number of rotatable bonds is 3. The van der Waals surface area contributed by atoms with Crippen molar-refractivity contribution in [1.82, 2.24) is 9.38 Å². The third-order valence-electron chi connectivity index (χ3n) is 3.46. The fourth-order valence-corrected chi connectivity index (χ4v) is 4.07. The van der Waals surface area contributed by atoms with E-state index in [2.05, 4.69) is 15.9 Å². The summed E-state index contributed by atoms with van der Waals surface area (Å²) in [4.78, 5) is 17.2.